The Kier molecular flexibility index (Phi) is 6.56. The van der Waals surface area contributed by atoms with Gasteiger partial charge in [0.05, 0.1) is 0 Å². The molecule has 0 fully saturated rings. The van der Waals surface area contributed by atoms with Gasteiger partial charge >= 0.3 is 0 Å². The lowest BCUT2D eigenvalue weighted by molar-refractivity contribution is 0.284. The number of nitrogens with one attached hydrogen (secondary N) is 2. The second kappa shape index (κ2) is 7.94. The fourth-order valence-corrected chi connectivity index (χ4v) is 1.67. The zero-order valence-corrected chi connectivity index (χ0v) is 12.8. The van der Waals surface area contributed by atoms with E-state index >= 15 is 0 Å². The van der Waals surface area contributed by atoms with Crippen molar-refractivity contribution in [3.05, 3.63) is 11.9 Å². The maximum atomic E-state index is 4.53. The van der Waals surface area contributed by atoms with Gasteiger partial charge in [0.25, 0.3) is 0 Å². The van der Waals surface area contributed by atoms with Crippen LogP contribution in [0.4, 0.5) is 11.6 Å². The molecule has 1 aromatic rings. The normalized spacial score (nSPS) is 11.1. The molecule has 0 aliphatic rings. The molecule has 0 amide bonds. The molecule has 0 unspecified atom stereocenters. The minimum absolute atomic E-state index is 0.565. The summed E-state index contributed by atoms with van der Waals surface area (Å²) in [6.45, 7) is 8.42. The van der Waals surface area contributed by atoms with Gasteiger partial charge in [0.15, 0.2) is 0 Å². The minimum Gasteiger partial charge on any atom is -0.373 e. The van der Waals surface area contributed by atoms with Gasteiger partial charge in [0, 0.05) is 38.7 Å². The summed E-state index contributed by atoms with van der Waals surface area (Å²) in [6, 6.07) is 2.52. The van der Waals surface area contributed by atoms with Crippen molar-refractivity contribution in [3.8, 4) is 0 Å². The molecule has 0 atom stereocenters. The first-order valence-electron chi connectivity index (χ1n) is 7.06. The minimum atomic E-state index is 0.565. The highest BCUT2D eigenvalue weighted by atomic mass is 15.1. The first-order valence-corrected chi connectivity index (χ1v) is 7.06. The van der Waals surface area contributed by atoms with Crippen LogP contribution in [0.25, 0.3) is 0 Å². The van der Waals surface area contributed by atoms with Crippen molar-refractivity contribution >= 4 is 11.6 Å². The molecular formula is C14H27N5. The van der Waals surface area contributed by atoms with E-state index in [1.165, 1.54) is 0 Å². The van der Waals surface area contributed by atoms with Crippen LogP contribution in [-0.2, 0) is 6.42 Å². The Hall–Kier alpha value is -1.36. The second-order valence-corrected chi connectivity index (χ2v) is 5.06. The summed E-state index contributed by atoms with van der Waals surface area (Å²) >= 11 is 0. The van der Waals surface area contributed by atoms with Gasteiger partial charge in [-0.1, -0.05) is 6.92 Å². The molecule has 0 bridgehead atoms. The molecule has 5 nitrogen and oxygen atoms in total. The molecule has 19 heavy (non-hydrogen) atoms. The third-order valence-electron chi connectivity index (χ3n) is 3.15. The Bertz CT molecular complexity index is 378. The van der Waals surface area contributed by atoms with Crippen LogP contribution in [0.3, 0.4) is 0 Å². The molecule has 0 radical (unpaired) electrons. The molecule has 0 saturated heterocycles. The highest BCUT2D eigenvalue weighted by Crippen LogP contribution is 2.11. The zero-order valence-electron chi connectivity index (χ0n) is 12.8. The van der Waals surface area contributed by atoms with Crippen LogP contribution < -0.4 is 10.6 Å². The fourth-order valence-electron chi connectivity index (χ4n) is 1.67. The molecule has 0 aromatic carbocycles. The summed E-state index contributed by atoms with van der Waals surface area (Å²) in [6.07, 6.45) is 1.97. The molecular weight excluding hydrogens is 238 g/mol. The van der Waals surface area contributed by atoms with E-state index in [0.717, 1.165) is 43.4 Å². The van der Waals surface area contributed by atoms with Gasteiger partial charge in [-0.25, -0.2) is 9.97 Å². The van der Waals surface area contributed by atoms with Crippen LogP contribution in [0.5, 0.6) is 0 Å². The maximum Gasteiger partial charge on any atom is 0.133 e. The van der Waals surface area contributed by atoms with E-state index in [9.17, 15) is 0 Å². The quantitative estimate of drug-likeness (QED) is 0.755. The Labute approximate surface area is 116 Å². The number of nitrogens with zero attached hydrogens (tertiary/aromatic N) is 3. The van der Waals surface area contributed by atoms with E-state index in [1.54, 1.807) is 0 Å². The SMILES string of the molecule is CCCc1nc(NC)cc(NCCN(C)C(C)C)n1. The molecule has 1 heterocycles. The second-order valence-electron chi connectivity index (χ2n) is 5.06. The standard InChI is InChI=1S/C14H27N5/c1-6-7-12-17-13(15-4)10-14(18-12)16-8-9-19(5)11(2)3/h10-11H,6-9H2,1-5H3,(H2,15,16,17,18). The lowest BCUT2D eigenvalue weighted by atomic mass is 10.3. The molecule has 0 aliphatic heterocycles. The van der Waals surface area contributed by atoms with E-state index in [0.29, 0.717) is 6.04 Å². The van der Waals surface area contributed by atoms with Gasteiger partial charge in [-0.15, -0.1) is 0 Å². The Balaban J connectivity index is 2.59. The van der Waals surface area contributed by atoms with Gasteiger partial charge in [-0.2, -0.15) is 0 Å². The van der Waals surface area contributed by atoms with Gasteiger partial charge < -0.3 is 15.5 Å². The average Bonchev–Trinajstić information content (AvgIpc) is 2.38. The average molecular weight is 265 g/mol. The van der Waals surface area contributed by atoms with Crippen molar-refractivity contribution in [1.82, 2.24) is 14.9 Å². The summed E-state index contributed by atoms with van der Waals surface area (Å²) in [4.78, 5) is 11.3. The lowest BCUT2D eigenvalue weighted by Crippen LogP contribution is -2.31. The Morgan fingerprint density at radius 2 is 1.95 bits per heavy atom. The monoisotopic (exact) mass is 265 g/mol. The first kappa shape index (κ1) is 15.7. The number of rotatable bonds is 8. The van der Waals surface area contributed by atoms with Crippen molar-refractivity contribution in [3.63, 3.8) is 0 Å². The van der Waals surface area contributed by atoms with Crippen LogP contribution in [-0.4, -0.2) is 48.1 Å². The van der Waals surface area contributed by atoms with E-state index in [1.807, 2.05) is 13.1 Å². The number of hydrogen-bond donors (Lipinski definition) is 2. The van der Waals surface area contributed by atoms with Crippen molar-refractivity contribution in [1.29, 1.82) is 0 Å². The Morgan fingerprint density at radius 1 is 1.26 bits per heavy atom. The summed E-state index contributed by atoms with van der Waals surface area (Å²) in [5.41, 5.74) is 0. The predicted molar refractivity (Wildman–Crippen MR) is 81.8 cm³/mol. The number of aromatic nitrogens is 2. The highest BCUT2D eigenvalue weighted by Gasteiger charge is 2.05. The molecule has 0 saturated carbocycles. The summed E-state index contributed by atoms with van der Waals surface area (Å²) in [5, 5.41) is 6.45. The van der Waals surface area contributed by atoms with E-state index in [-0.39, 0.29) is 0 Å². The van der Waals surface area contributed by atoms with E-state index in [4.69, 9.17) is 0 Å². The van der Waals surface area contributed by atoms with Crippen molar-refractivity contribution in [2.24, 2.45) is 0 Å². The van der Waals surface area contributed by atoms with Crippen molar-refractivity contribution in [2.75, 3.05) is 37.8 Å². The largest absolute Gasteiger partial charge is 0.373 e. The zero-order chi connectivity index (χ0) is 14.3. The first-order chi connectivity index (χ1) is 9.06. The summed E-state index contributed by atoms with van der Waals surface area (Å²) in [7, 11) is 4.02. The lowest BCUT2D eigenvalue weighted by Gasteiger charge is -2.21. The number of aryl methyl sites for hydroxylation is 1. The number of anilines is 2. The molecule has 0 spiro atoms. The third-order valence-corrected chi connectivity index (χ3v) is 3.15. The smallest absolute Gasteiger partial charge is 0.133 e. The van der Waals surface area contributed by atoms with Crippen molar-refractivity contribution in [2.45, 2.75) is 39.7 Å². The van der Waals surface area contributed by atoms with Crippen LogP contribution in [0.1, 0.15) is 33.0 Å². The molecule has 0 aliphatic carbocycles. The van der Waals surface area contributed by atoms with Gasteiger partial charge in [-0.05, 0) is 27.3 Å². The van der Waals surface area contributed by atoms with Gasteiger partial charge in [-0.3, -0.25) is 0 Å². The third kappa shape index (κ3) is 5.42. The van der Waals surface area contributed by atoms with E-state index < -0.39 is 0 Å². The molecule has 108 valence electrons. The molecule has 1 aromatic heterocycles. The van der Waals surface area contributed by atoms with Gasteiger partial charge in [0.2, 0.25) is 0 Å². The molecule has 5 heteroatoms. The van der Waals surface area contributed by atoms with Crippen molar-refractivity contribution < 1.29 is 0 Å². The van der Waals surface area contributed by atoms with E-state index in [2.05, 4.69) is 53.3 Å². The molecule has 1 rings (SSSR count). The number of hydrogen-bond acceptors (Lipinski definition) is 5. The highest BCUT2D eigenvalue weighted by molar-refractivity contribution is 5.47. The maximum absolute atomic E-state index is 4.53. The van der Waals surface area contributed by atoms with Crippen LogP contribution in [0.15, 0.2) is 6.07 Å². The fraction of sp³-hybridized carbons (Fsp3) is 0.714. The van der Waals surface area contributed by atoms with Gasteiger partial charge in [0.1, 0.15) is 17.5 Å². The summed E-state index contributed by atoms with van der Waals surface area (Å²) < 4.78 is 0. The van der Waals surface area contributed by atoms with Crippen LogP contribution in [0, 0.1) is 0 Å². The summed E-state index contributed by atoms with van der Waals surface area (Å²) in [5.74, 6) is 2.67. The predicted octanol–water partition coefficient (Wildman–Crippen LogP) is 2.22. The Morgan fingerprint density at radius 3 is 2.53 bits per heavy atom. The topological polar surface area (TPSA) is 53.1 Å². The van der Waals surface area contributed by atoms with Crippen LogP contribution >= 0.6 is 0 Å². The molecule has 2 N–H and O–H groups in total. The van der Waals surface area contributed by atoms with Crippen LogP contribution in [0.2, 0.25) is 0 Å². The number of likely N-dealkylation sites (N-methyl/N-ethyl adjacent to an activating group) is 1.